The van der Waals surface area contributed by atoms with Crippen molar-refractivity contribution in [1.82, 2.24) is 0 Å². The van der Waals surface area contributed by atoms with Gasteiger partial charge in [-0.05, 0) is 91.6 Å². The molecule has 0 saturated heterocycles. The fraction of sp³-hybridized carbons (Fsp3) is 0.857. The van der Waals surface area contributed by atoms with Crippen LogP contribution in [-0.2, 0) is 0 Å². The third-order valence-electron chi connectivity index (χ3n) is 10.0. The van der Waals surface area contributed by atoms with Crippen molar-refractivity contribution in [1.29, 1.82) is 0 Å². The van der Waals surface area contributed by atoms with Gasteiger partial charge in [0.05, 0.1) is 0 Å². The van der Waals surface area contributed by atoms with Gasteiger partial charge < -0.3 is 0 Å². The average molecular weight is 591 g/mol. The molecule has 3 saturated carbocycles. The van der Waals surface area contributed by atoms with E-state index in [-0.39, 0.29) is 0 Å². The zero-order valence-electron chi connectivity index (χ0n) is 33.0. The van der Waals surface area contributed by atoms with Gasteiger partial charge >= 0.3 is 0 Å². The highest BCUT2D eigenvalue weighted by Crippen LogP contribution is 2.51. The summed E-state index contributed by atoms with van der Waals surface area (Å²) in [4.78, 5) is 0. The SMILES string of the molecule is CC.CC.CC.CC1C2CCC(C2)C1C.CC1CCCCC1C.CCC(C)C.CCC(C)CC.Cc1ccccc1C. The molecule has 3 aliphatic carbocycles. The molecule has 1 aromatic rings. The molecule has 2 bridgehead atoms. The molecule has 3 aliphatic rings. The molecule has 0 amide bonds. The van der Waals surface area contributed by atoms with E-state index >= 15 is 0 Å². The highest BCUT2D eigenvalue weighted by Gasteiger charge is 2.42. The van der Waals surface area contributed by atoms with Crippen molar-refractivity contribution >= 4 is 0 Å². The molecular formula is C42H86. The monoisotopic (exact) mass is 591 g/mol. The fourth-order valence-electron chi connectivity index (χ4n) is 5.32. The van der Waals surface area contributed by atoms with Gasteiger partial charge in [0.25, 0.3) is 0 Å². The molecule has 0 radical (unpaired) electrons. The first-order valence-corrected chi connectivity index (χ1v) is 19.0. The maximum atomic E-state index is 2.44. The number of aryl methyl sites for hydroxylation is 2. The van der Waals surface area contributed by atoms with Crippen LogP contribution in [0.2, 0.25) is 0 Å². The fourth-order valence-corrected chi connectivity index (χ4v) is 5.32. The number of hydrogen-bond acceptors (Lipinski definition) is 0. The van der Waals surface area contributed by atoms with E-state index in [1.54, 1.807) is 6.42 Å². The van der Waals surface area contributed by atoms with E-state index in [1.807, 2.05) is 41.5 Å². The van der Waals surface area contributed by atoms with Crippen molar-refractivity contribution in [3.8, 4) is 0 Å². The number of rotatable bonds is 3. The van der Waals surface area contributed by atoms with Crippen LogP contribution in [0.5, 0.6) is 0 Å². The average Bonchev–Trinajstić information content (AvgIpc) is 3.62. The van der Waals surface area contributed by atoms with Crippen LogP contribution < -0.4 is 0 Å². The second-order valence-corrected chi connectivity index (χ2v) is 13.1. The van der Waals surface area contributed by atoms with E-state index in [2.05, 4.69) is 107 Å². The van der Waals surface area contributed by atoms with Gasteiger partial charge in [-0.2, -0.15) is 0 Å². The Labute approximate surface area is 271 Å². The summed E-state index contributed by atoms with van der Waals surface area (Å²) in [5.41, 5.74) is 2.74. The quantitative estimate of drug-likeness (QED) is 0.328. The summed E-state index contributed by atoms with van der Waals surface area (Å²) in [7, 11) is 0. The molecule has 6 unspecified atom stereocenters. The zero-order valence-corrected chi connectivity index (χ0v) is 33.0. The first-order valence-electron chi connectivity index (χ1n) is 19.0. The molecule has 0 nitrogen and oxygen atoms in total. The predicted molar refractivity (Wildman–Crippen MR) is 201 cm³/mol. The summed E-state index contributed by atoms with van der Waals surface area (Å²) >= 11 is 0. The van der Waals surface area contributed by atoms with E-state index in [1.165, 1.54) is 68.9 Å². The Morgan fingerprint density at radius 3 is 1.02 bits per heavy atom. The topological polar surface area (TPSA) is 0 Å². The maximum Gasteiger partial charge on any atom is -0.0383 e. The second kappa shape index (κ2) is 33.1. The van der Waals surface area contributed by atoms with Crippen LogP contribution in [0.4, 0.5) is 0 Å². The Bertz CT molecular complexity index is 576. The molecule has 0 N–H and O–H groups in total. The van der Waals surface area contributed by atoms with Crippen molar-refractivity contribution in [3.63, 3.8) is 0 Å². The minimum absolute atomic E-state index is 0.884. The number of hydrogen-bond donors (Lipinski definition) is 0. The van der Waals surface area contributed by atoms with Gasteiger partial charge in [0.15, 0.2) is 0 Å². The highest BCUT2D eigenvalue weighted by molar-refractivity contribution is 5.23. The Kier molecular flexibility index (Phi) is 38.0. The molecule has 6 atom stereocenters. The summed E-state index contributed by atoms with van der Waals surface area (Å²) in [6.45, 7) is 39.3. The van der Waals surface area contributed by atoms with E-state index in [0.717, 1.165) is 47.3 Å². The Hall–Kier alpha value is -0.780. The summed E-state index contributed by atoms with van der Waals surface area (Å²) < 4.78 is 0. The molecule has 0 spiro atoms. The lowest BCUT2D eigenvalue weighted by Gasteiger charge is -2.24. The minimum atomic E-state index is 0.884. The third-order valence-corrected chi connectivity index (χ3v) is 10.0. The second-order valence-electron chi connectivity index (χ2n) is 13.1. The van der Waals surface area contributed by atoms with Crippen LogP contribution in [-0.4, -0.2) is 0 Å². The predicted octanol–water partition coefficient (Wildman–Crippen LogP) is 15.4. The van der Waals surface area contributed by atoms with Gasteiger partial charge in [-0.15, -0.1) is 0 Å². The molecule has 0 aliphatic heterocycles. The molecule has 0 aromatic heterocycles. The lowest BCUT2D eigenvalue weighted by Crippen LogP contribution is -2.15. The van der Waals surface area contributed by atoms with Crippen LogP contribution in [0.15, 0.2) is 24.3 Å². The lowest BCUT2D eigenvalue weighted by atomic mass is 9.82. The Balaban J connectivity index is -0.000000208. The Morgan fingerprint density at radius 1 is 0.571 bits per heavy atom. The summed E-state index contributed by atoms with van der Waals surface area (Å²) in [6.07, 6.45) is 14.5. The van der Waals surface area contributed by atoms with Crippen LogP contribution in [0, 0.1) is 61.2 Å². The molecule has 0 heteroatoms. The molecule has 3 fully saturated rings. The van der Waals surface area contributed by atoms with Gasteiger partial charge in [0.2, 0.25) is 0 Å². The van der Waals surface area contributed by atoms with E-state index in [9.17, 15) is 0 Å². The van der Waals surface area contributed by atoms with Gasteiger partial charge in [-0.25, -0.2) is 0 Å². The first kappa shape index (κ1) is 48.1. The summed E-state index contributed by atoms with van der Waals surface area (Å²) in [6, 6.07) is 8.36. The van der Waals surface area contributed by atoms with Crippen LogP contribution in [0.1, 0.15) is 186 Å². The van der Waals surface area contributed by atoms with Crippen molar-refractivity contribution in [2.45, 2.75) is 189 Å². The molecular weight excluding hydrogens is 504 g/mol. The van der Waals surface area contributed by atoms with Crippen LogP contribution in [0.25, 0.3) is 0 Å². The minimum Gasteiger partial charge on any atom is -0.0683 e. The molecule has 4 rings (SSSR count). The molecule has 42 heavy (non-hydrogen) atoms. The van der Waals surface area contributed by atoms with Crippen molar-refractivity contribution in [2.75, 3.05) is 0 Å². The Morgan fingerprint density at radius 2 is 0.881 bits per heavy atom. The standard InChI is InChI=1S/C9H16.C8H16.C8H10.C6H14.C5H12.3C2H6/c1-6-7(2)9-4-3-8(6)5-9;2*1-7-5-3-4-6-8(7)2;1-4-6(3)5-2;1-4-5(2)3;3*1-2/h6-9H,3-5H2,1-2H3;7-8H,3-6H2,1-2H3;3-6H,1-2H3;6H,4-5H2,1-3H3;5H,4H2,1-3H3;3*1-2H3. The lowest BCUT2D eigenvalue weighted by molar-refractivity contribution is 0.259. The summed E-state index contributed by atoms with van der Waals surface area (Å²) in [5.74, 6) is 8.15. The van der Waals surface area contributed by atoms with Crippen molar-refractivity contribution in [2.24, 2.45) is 47.3 Å². The molecule has 254 valence electrons. The zero-order chi connectivity index (χ0) is 33.7. The highest BCUT2D eigenvalue weighted by atomic mass is 14.5. The normalized spacial score (nSPS) is 24.5. The third kappa shape index (κ3) is 24.6. The maximum absolute atomic E-state index is 2.44. The van der Waals surface area contributed by atoms with Gasteiger partial charge in [-0.3, -0.25) is 0 Å². The van der Waals surface area contributed by atoms with Gasteiger partial charge in [-0.1, -0.05) is 180 Å². The smallest absolute Gasteiger partial charge is 0.0383 e. The molecule has 0 heterocycles. The first-order chi connectivity index (χ1) is 20.0. The molecule has 1 aromatic carbocycles. The van der Waals surface area contributed by atoms with Gasteiger partial charge in [0, 0.05) is 0 Å². The van der Waals surface area contributed by atoms with E-state index < -0.39 is 0 Å². The number of benzene rings is 1. The van der Waals surface area contributed by atoms with E-state index in [0.29, 0.717) is 0 Å². The summed E-state index contributed by atoms with van der Waals surface area (Å²) in [5, 5.41) is 0. The van der Waals surface area contributed by atoms with E-state index in [4.69, 9.17) is 0 Å². The van der Waals surface area contributed by atoms with Crippen molar-refractivity contribution in [3.05, 3.63) is 35.4 Å². The van der Waals surface area contributed by atoms with Crippen molar-refractivity contribution < 1.29 is 0 Å². The van der Waals surface area contributed by atoms with Crippen LogP contribution in [0.3, 0.4) is 0 Å². The van der Waals surface area contributed by atoms with Gasteiger partial charge in [0.1, 0.15) is 0 Å². The number of fused-ring (bicyclic) bond motifs is 2. The largest absolute Gasteiger partial charge is 0.0683 e. The van der Waals surface area contributed by atoms with Crippen LogP contribution >= 0.6 is 0 Å².